The van der Waals surface area contributed by atoms with E-state index in [0.29, 0.717) is 5.41 Å². The van der Waals surface area contributed by atoms with Gasteiger partial charge >= 0.3 is 6.09 Å². The van der Waals surface area contributed by atoms with Crippen molar-refractivity contribution in [1.29, 1.82) is 0 Å². The number of carbonyl (C=O) groups is 1. The van der Waals surface area contributed by atoms with Crippen molar-refractivity contribution in [1.82, 2.24) is 9.80 Å². The number of hydrogen-bond donors (Lipinski definition) is 0. The molecule has 0 N–H and O–H groups in total. The number of ether oxygens (including phenoxy) is 1. The first kappa shape index (κ1) is 15.1. The Balaban J connectivity index is 1.65. The number of piperidine rings is 1. The second-order valence-corrected chi connectivity index (χ2v) is 7.58. The Hall–Kier alpha value is -0.770. The summed E-state index contributed by atoms with van der Waals surface area (Å²) in [5, 5.41) is 0. The zero-order chi connectivity index (χ0) is 15.1. The van der Waals surface area contributed by atoms with Crippen LogP contribution in [0.2, 0.25) is 0 Å². The smallest absolute Gasteiger partial charge is 0.410 e. The number of amides is 1. The van der Waals surface area contributed by atoms with Crippen LogP contribution in [0.1, 0.15) is 58.8 Å². The molecule has 0 aromatic heterocycles. The van der Waals surface area contributed by atoms with Crippen molar-refractivity contribution in [2.75, 3.05) is 26.7 Å². The van der Waals surface area contributed by atoms with E-state index in [-0.39, 0.29) is 17.7 Å². The van der Waals surface area contributed by atoms with Crippen molar-refractivity contribution in [2.24, 2.45) is 5.41 Å². The van der Waals surface area contributed by atoms with Crippen LogP contribution in [0.5, 0.6) is 0 Å². The molecule has 2 heterocycles. The first-order chi connectivity index (χ1) is 10.0. The van der Waals surface area contributed by atoms with Gasteiger partial charge in [-0.2, -0.15) is 0 Å². The minimum absolute atomic E-state index is 0.0444. The molecule has 3 rings (SSSR count). The molecular formula is C17H30N2O2. The van der Waals surface area contributed by atoms with Crippen molar-refractivity contribution < 1.29 is 9.53 Å². The van der Waals surface area contributed by atoms with Crippen LogP contribution in [0, 0.1) is 5.41 Å². The van der Waals surface area contributed by atoms with E-state index < -0.39 is 0 Å². The molecule has 0 aromatic carbocycles. The number of nitrogens with zero attached hydrogens (tertiary/aromatic N) is 2. The van der Waals surface area contributed by atoms with Gasteiger partial charge in [0, 0.05) is 25.2 Å². The molecule has 0 unspecified atom stereocenters. The fourth-order valence-electron chi connectivity index (χ4n) is 4.31. The molecule has 4 heteroatoms. The SMILES string of the molecule is CCC1(CC)CC2(CC2)CN1C(=O)OC1CCN(C)CC1. The summed E-state index contributed by atoms with van der Waals surface area (Å²) in [4.78, 5) is 17.1. The van der Waals surface area contributed by atoms with Gasteiger partial charge in [0.25, 0.3) is 0 Å². The topological polar surface area (TPSA) is 32.8 Å². The van der Waals surface area contributed by atoms with Gasteiger partial charge < -0.3 is 14.5 Å². The standard InChI is InChI=1S/C17H30N2O2/c1-4-17(5-2)12-16(8-9-16)13-19(17)15(20)21-14-6-10-18(3)11-7-14/h14H,4-13H2,1-3H3. The van der Waals surface area contributed by atoms with Gasteiger partial charge in [-0.3, -0.25) is 0 Å². The molecule has 1 saturated carbocycles. The first-order valence-electron chi connectivity index (χ1n) is 8.69. The minimum atomic E-state index is -0.0444. The van der Waals surface area contributed by atoms with Gasteiger partial charge in [-0.25, -0.2) is 4.79 Å². The molecule has 1 aliphatic carbocycles. The van der Waals surface area contributed by atoms with Crippen LogP contribution in [-0.2, 0) is 4.74 Å². The predicted octanol–water partition coefficient (Wildman–Crippen LogP) is 3.26. The van der Waals surface area contributed by atoms with E-state index in [1.165, 1.54) is 19.3 Å². The van der Waals surface area contributed by atoms with E-state index in [2.05, 4.69) is 30.7 Å². The molecule has 3 aliphatic rings. The first-order valence-corrected chi connectivity index (χ1v) is 8.69. The zero-order valence-electron chi connectivity index (χ0n) is 13.9. The number of carbonyl (C=O) groups excluding carboxylic acids is 1. The predicted molar refractivity (Wildman–Crippen MR) is 83.3 cm³/mol. The Morgan fingerprint density at radius 1 is 1.19 bits per heavy atom. The monoisotopic (exact) mass is 294 g/mol. The fourth-order valence-corrected chi connectivity index (χ4v) is 4.31. The van der Waals surface area contributed by atoms with E-state index in [1.807, 2.05) is 0 Å². The lowest BCUT2D eigenvalue weighted by Gasteiger charge is -2.38. The van der Waals surface area contributed by atoms with Crippen molar-refractivity contribution >= 4 is 6.09 Å². The summed E-state index contributed by atoms with van der Waals surface area (Å²) >= 11 is 0. The maximum absolute atomic E-state index is 12.7. The van der Waals surface area contributed by atoms with Gasteiger partial charge in [-0.1, -0.05) is 13.8 Å². The van der Waals surface area contributed by atoms with Crippen LogP contribution in [0.25, 0.3) is 0 Å². The van der Waals surface area contributed by atoms with Crippen molar-refractivity contribution in [3.63, 3.8) is 0 Å². The van der Waals surface area contributed by atoms with E-state index in [4.69, 9.17) is 4.74 Å². The lowest BCUT2D eigenvalue weighted by Crippen LogP contribution is -2.48. The number of hydrogen-bond acceptors (Lipinski definition) is 3. The third-order valence-electron chi connectivity index (χ3n) is 6.20. The Labute approximate surface area is 128 Å². The van der Waals surface area contributed by atoms with E-state index in [1.54, 1.807) is 0 Å². The second-order valence-electron chi connectivity index (χ2n) is 7.58. The highest BCUT2D eigenvalue weighted by Crippen LogP contribution is 2.59. The third kappa shape index (κ3) is 2.79. The van der Waals surface area contributed by atoms with Gasteiger partial charge in [0.15, 0.2) is 0 Å². The van der Waals surface area contributed by atoms with Crippen LogP contribution in [-0.4, -0.2) is 54.2 Å². The molecule has 1 spiro atoms. The molecule has 0 bridgehead atoms. The second kappa shape index (κ2) is 5.45. The van der Waals surface area contributed by atoms with Gasteiger partial charge in [0.05, 0.1) is 0 Å². The summed E-state index contributed by atoms with van der Waals surface area (Å²) in [6.07, 6.45) is 7.92. The van der Waals surface area contributed by atoms with Crippen molar-refractivity contribution in [3.05, 3.63) is 0 Å². The average Bonchev–Trinajstić information content (AvgIpc) is 3.14. The third-order valence-corrected chi connectivity index (χ3v) is 6.20. The minimum Gasteiger partial charge on any atom is -0.446 e. The molecule has 0 atom stereocenters. The van der Waals surface area contributed by atoms with E-state index in [0.717, 1.165) is 45.3 Å². The summed E-state index contributed by atoms with van der Waals surface area (Å²) in [5.74, 6) is 0. The maximum atomic E-state index is 12.7. The molecule has 21 heavy (non-hydrogen) atoms. The summed E-state index contributed by atoms with van der Waals surface area (Å²) < 4.78 is 5.86. The molecule has 0 radical (unpaired) electrons. The van der Waals surface area contributed by atoms with Gasteiger partial charge in [0.1, 0.15) is 6.10 Å². The Kier molecular flexibility index (Phi) is 3.93. The molecule has 1 amide bonds. The lowest BCUT2D eigenvalue weighted by atomic mass is 9.86. The number of likely N-dealkylation sites (tertiary alicyclic amines) is 2. The molecular weight excluding hydrogens is 264 g/mol. The lowest BCUT2D eigenvalue weighted by molar-refractivity contribution is 0.0146. The maximum Gasteiger partial charge on any atom is 0.410 e. The summed E-state index contributed by atoms with van der Waals surface area (Å²) in [7, 11) is 2.13. The Morgan fingerprint density at radius 3 is 2.33 bits per heavy atom. The number of rotatable bonds is 3. The van der Waals surface area contributed by atoms with E-state index in [9.17, 15) is 4.79 Å². The Bertz CT molecular complexity index is 394. The molecule has 3 fully saturated rings. The highest BCUT2D eigenvalue weighted by molar-refractivity contribution is 5.70. The van der Waals surface area contributed by atoms with Crippen molar-refractivity contribution in [3.8, 4) is 0 Å². The summed E-state index contributed by atoms with van der Waals surface area (Å²) in [6.45, 7) is 7.45. The highest BCUT2D eigenvalue weighted by Gasteiger charge is 2.59. The molecule has 120 valence electrons. The molecule has 2 aliphatic heterocycles. The molecule has 2 saturated heterocycles. The normalized spacial score (nSPS) is 28.0. The van der Waals surface area contributed by atoms with Crippen LogP contribution >= 0.6 is 0 Å². The fraction of sp³-hybridized carbons (Fsp3) is 0.941. The van der Waals surface area contributed by atoms with Crippen LogP contribution in [0.3, 0.4) is 0 Å². The highest BCUT2D eigenvalue weighted by atomic mass is 16.6. The van der Waals surface area contributed by atoms with E-state index >= 15 is 0 Å². The van der Waals surface area contributed by atoms with Crippen LogP contribution in [0.4, 0.5) is 4.79 Å². The molecule has 4 nitrogen and oxygen atoms in total. The molecule has 0 aromatic rings. The van der Waals surface area contributed by atoms with Gasteiger partial charge in [0.2, 0.25) is 0 Å². The van der Waals surface area contributed by atoms with Crippen molar-refractivity contribution in [2.45, 2.75) is 70.4 Å². The quantitative estimate of drug-likeness (QED) is 0.801. The summed E-state index contributed by atoms with van der Waals surface area (Å²) in [5.41, 5.74) is 0.497. The average molecular weight is 294 g/mol. The van der Waals surface area contributed by atoms with Gasteiger partial charge in [-0.15, -0.1) is 0 Å². The van der Waals surface area contributed by atoms with Crippen LogP contribution < -0.4 is 0 Å². The zero-order valence-corrected chi connectivity index (χ0v) is 13.9. The van der Waals surface area contributed by atoms with Gasteiger partial charge in [-0.05, 0) is 57.4 Å². The summed E-state index contributed by atoms with van der Waals surface area (Å²) in [6, 6.07) is 0. The van der Waals surface area contributed by atoms with Crippen LogP contribution in [0.15, 0.2) is 0 Å². The largest absolute Gasteiger partial charge is 0.446 e. The Morgan fingerprint density at radius 2 is 1.81 bits per heavy atom.